The van der Waals surface area contributed by atoms with Crippen molar-refractivity contribution in [3.63, 3.8) is 0 Å². The minimum Gasteiger partial charge on any atom is -0.486 e. The van der Waals surface area contributed by atoms with Gasteiger partial charge in [0.2, 0.25) is 0 Å². The van der Waals surface area contributed by atoms with Gasteiger partial charge in [-0.3, -0.25) is 0 Å². The molecular formula is C14H19Br2NO2. The van der Waals surface area contributed by atoms with Gasteiger partial charge in [-0.15, -0.1) is 0 Å². The Bertz CT molecular complexity index is 424. The minimum absolute atomic E-state index is 0.247. The first kappa shape index (κ1) is 15.3. The second kappa shape index (κ2) is 6.57. The Kier molecular flexibility index (Phi) is 5.29. The van der Waals surface area contributed by atoms with Gasteiger partial charge in [-0.05, 0) is 76.2 Å². The second-order valence-corrected chi connectivity index (χ2v) is 6.82. The van der Waals surface area contributed by atoms with Gasteiger partial charge < -0.3 is 15.2 Å². The van der Waals surface area contributed by atoms with E-state index in [0.717, 1.165) is 21.2 Å². The second-order valence-electron chi connectivity index (χ2n) is 5.11. The third kappa shape index (κ3) is 4.45. The zero-order valence-corrected chi connectivity index (χ0v) is 14.3. The summed E-state index contributed by atoms with van der Waals surface area (Å²) in [6.45, 7) is 4.45. The Labute approximate surface area is 131 Å². The number of aliphatic hydroxyl groups excluding tert-OH is 1. The number of ether oxygens (including phenoxy) is 1. The highest BCUT2D eigenvalue weighted by molar-refractivity contribution is 9.11. The molecule has 0 spiro atoms. The highest BCUT2D eigenvalue weighted by Gasteiger charge is 2.21. The van der Waals surface area contributed by atoms with Crippen LogP contribution < -0.4 is 10.1 Å². The van der Waals surface area contributed by atoms with Gasteiger partial charge in [0.1, 0.15) is 11.9 Å². The van der Waals surface area contributed by atoms with Crippen LogP contribution in [0, 0.1) is 0 Å². The number of benzene rings is 1. The predicted octanol–water partition coefficient (Wildman–Crippen LogP) is 3.61. The van der Waals surface area contributed by atoms with Gasteiger partial charge in [0.25, 0.3) is 0 Å². The molecule has 1 aromatic rings. The van der Waals surface area contributed by atoms with E-state index >= 15 is 0 Å². The van der Waals surface area contributed by atoms with Crippen molar-refractivity contribution in [3.05, 3.63) is 26.6 Å². The average molecular weight is 393 g/mol. The third-order valence-electron chi connectivity index (χ3n) is 3.21. The van der Waals surface area contributed by atoms with E-state index in [9.17, 15) is 5.11 Å². The Morgan fingerprint density at radius 2 is 1.89 bits per heavy atom. The van der Waals surface area contributed by atoms with Crippen LogP contribution in [0.2, 0.25) is 0 Å². The molecule has 2 rings (SSSR count). The molecule has 0 aromatic heterocycles. The largest absolute Gasteiger partial charge is 0.486 e. The van der Waals surface area contributed by atoms with Crippen molar-refractivity contribution in [1.29, 1.82) is 0 Å². The van der Waals surface area contributed by atoms with Crippen molar-refractivity contribution < 1.29 is 9.84 Å². The first-order valence-corrected chi connectivity index (χ1v) is 8.12. The number of nitrogens with one attached hydrogen (secondary N) is 1. The molecule has 3 nitrogen and oxygen atoms in total. The Balaban J connectivity index is 2.07. The Morgan fingerprint density at radius 1 is 1.32 bits per heavy atom. The van der Waals surface area contributed by atoms with Gasteiger partial charge in [-0.2, -0.15) is 0 Å². The van der Waals surface area contributed by atoms with Gasteiger partial charge in [0, 0.05) is 12.6 Å². The van der Waals surface area contributed by atoms with Crippen molar-refractivity contribution in [1.82, 2.24) is 5.32 Å². The first-order chi connectivity index (χ1) is 8.97. The lowest BCUT2D eigenvalue weighted by molar-refractivity contribution is 0.0594. The monoisotopic (exact) mass is 391 g/mol. The highest BCUT2D eigenvalue weighted by Crippen LogP contribution is 2.36. The van der Waals surface area contributed by atoms with E-state index < -0.39 is 6.10 Å². The lowest BCUT2D eigenvalue weighted by atomic mass is 10.2. The maximum Gasteiger partial charge on any atom is 0.148 e. The number of rotatable bonds is 6. The van der Waals surface area contributed by atoms with Gasteiger partial charge >= 0.3 is 0 Å². The smallest absolute Gasteiger partial charge is 0.148 e. The van der Waals surface area contributed by atoms with Crippen LogP contribution in [0.25, 0.3) is 0 Å². The third-order valence-corrected chi connectivity index (χ3v) is 4.39. The summed E-state index contributed by atoms with van der Waals surface area (Å²) in [7, 11) is 0. The topological polar surface area (TPSA) is 41.5 Å². The molecule has 0 aliphatic heterocycles. The average Bonchev–Trinajstić information content (AvgIpc) is 3.14. The molecule has 2 atom stereocenters. The summed E-state index contributed by atoms with van der Waals surface area (Å²) in [5, 5.41) is 13.0. The van der Waals surface area contributed by atoms with Crippen molar-refractivity contribution >= 4 is 31.9 Å². The van der Waals surface area contributed by atoms with E-state index in [-0.39, 0.29) is 6.10 Å². The van der Waals surface area contributed by atoms with Gasteiger partial charge in [0.15, 0.2) is 0 Å². The van der Waals surface area contributed by atoms with Crippen molar-refractivity contribution in [2.75, 3.05) is 0 Å². The van der Waals surface area contributed by atoms with Crippen LogP contribution >= 0.6 is 31.9 Å². The number of hydrogen-bond donors (Lipinski definition) is 2. The molecule has 2 unspecified atom stereocenters. The van der Waals surface area contributed by atoms with E-state index in [1.807, 2.05) is 6.92 Å². The molecule has 19 heavy (non-hydrogen) atoms. The zero-order valence-electron chi connectivity index (χ0n) is 11.1. The zero-order chi connectivity index (χ0) is 14.0. The van der Waals surface area contributed by atoms with Crippen LogP contribution in [0.4, 0.5) is 0 Å². The molecule has 0 amide bonds. The molecule has 1 aliphatic carbocycles. The summed E-state index contributed by atoms with van der Waals surface area (Å²) in [6, 6.07) is 4.82. The molecule has 2 N–H and O–H groups in total. The number of halogens is 2. The lowest BCUT2D eigenvalue weighted by Crippen LogP contribution is -2.26. The quantitative estimate of drug-likeness (QED) is 0.776. The molecule has 0 radical (unpaired) electrons. The van der Waals surface area contributed by atoms with E-state index in [2.05, 4.69) is 49.3 Å². The lowest BCUT2D eigenvalue weighted by Gasteiger charge is -2.20. The fraction of sp³-hybridized carbons (Fsp3) is 0.571. The van der Waals surface area contributed by atoms with E-state index in [1.165, 1.54) is 18.4 Å². The van der Waals surface area contributed by atoms with Crippen LogP contribution in [-0.4, -0.2) is 23.4 Å². The highest BCUT2D eigenvalue weighted by atomic mass is 79.9. The fourth-order valence-corrected chi connectivity index (χ4v) is 3.13. The summed E-state index contributed by atoms with van der Waals surface area (Å²) in [5.41, 5.74) is 1.21. The summed E-state index contributed by atoms with van der Waals surface area (Å²) in [6.07, 6.45) is 1.82. The predicted molar refractivity (Wildman–Crippen MR) is 83.5 cm³/mol. The molecule has 1 aliphatic rings. The molecule has 5 heteroatoms. The van der Waals surface area contributed by atoms with Crippen molar-refractivity contribution in [2.24, 2.45) is 0 Å². The molecule has 1 fully saturated rings. The Hall–Kier alpha value is -0.100. The van der Waals surface area contributed by atoms with Crippen LogP contribution in [0.1, 0.15) is 32.3 Å². The maximum absolute atomic E-state index is 9.51. The summed E-state index contributed by atoms with van der Waals surface area (Å²) < 4.78 is 7.58. The van der Waals surface area contributed by atoms with Crippen LogP contribution in [-0.2, 0) is 6.54 Å². The van der Waals surface area contributed by atoms with Crippen LogP contribution in [0.3, 0.4) is 0 Å². The maximum atomic E-state index is 9.51. The molecule has 0 saturated heterocycles. The molecule has 1 saturated carbocycles. The number of aliphatic hydroxyl groups is 1. The summed E-state index contributed by atoms with van der Waals surface area (Å²) in [4.78, 5) is 0. The van der Waals surface area contributed by atoms with E-state index in [4.69, 9.17) is 4.74 Å². The van der Waals surface area contributed by atoms with Crippen LogP contribution in [0.5, 0.6) is 5.75 Å². The first-order valence-electron chi connectivity index (χ1n) is 6.53. The van der Waals surface area contributed by atoms with Gasteiger partial charge in [0.05, 0.1) is 15.0 Å². The van der Waals surface area contributed by atoms with Crippen molar-refractivity contribution in [2.45, 2.75) is 51.5 Å². The number of hydrogen-bond acceptors (Lipinski definition) is 3. The molecule has 0 bridgehead atoms. The summed E-state index contributed by atoms with van der Waals surface area (Å²) in [5.74, 6) is 0.739. The molecule has 0 heterocycles. The normalized spacial score (nSPS) is 18.2. The molecule has 106 valence electrons. The SMILES string of the molecule is CC(O)C(C)Oc1c(Br)cc(CNC2CC2)cc1Br. The van der Waals surface area contributed by atoms with Gasteiger partial charge in [-0.25, -0.2) is 0 Å². The van der Waals surface area contributed by atoms with E-state index in [0.29, 0.717) is 6.04 Å². The van der Waals surface area contributed by atoms with Crippen molar-refractivity contribution in [3.8, 4) is 5.75 Å². The fourth-order valence-electron chi connectivity index (χ4n) is 1.66. The minimum atomic E-state index is -0.505. The molecule has 1 aromatic carbocycles. The standard InChI is InChI=1S/C14H19Br2NO2/c1-8(18)9(2)19-14-12(15)5-10(6-13(14)16)7-17-11-3-4-11/h5-6,8-9,11,17-18H,3-4,7H2,1-2H3. The van der Waals surface area contributed by atoms with Gasteiger partial charge in [-0.1, -0.05) is 0 Å². The Morgan fingerprint density at radius 3 is 2.37 bits per heavy atom. The van der Waals surface area contributed by atoms with E-state index in [1.54, 1.807) is 6.92 Å². The molecular weight excluding hydrogens is 374 g/mol. The van der Waals surface area contributed by atoms with Crippen LogP contribution in [0.15, 0.2) is 21.1 Å². The summed E-state index contributed by atoms with van der Waals surface area (Å²) >= 11 is 7.07.